The lowest BCUT2D eigenvalue weighted by atomic mass is 10.1. The van der Waals surface area contributed by atoms with E-state index in [4.69, 9.17) is 9.47 Å². The molecule has 0 unspecified atom stereocenters. The number of hydrogen-bond donors (Lipinski definition) is 0. The number of piperidine rings is 1. The van der Waals surface area contributed by atoms with E-state index in [-0.39, 0.29) is 5.91 Å². The van der Waals surface area contributed by atoms with Crippen molar-refractivity contribution in [2.45, 2.75) is 32.8 Å². The number of nitrogens with zero attached hydrogens (tertiary/aromatic N) is 3. The van der Waals surface area contributed by atoms with Gasteiger partial charge in [-0.3, -0.25) is 4.79 Å². The Labute approximate surface area is 139 Å². The lowest BCUT2D eigenvalue weighted by molar-refractivity contribution is 0.0728. The Bertz CT molecular complexity index is 723. The Morgan fingerprint density at radius 3 is 2.61 bits per heavy atom. The van der Waals surface area contributed by atoms with E-state index in [9.17, 15) is 4.79 Å². The topological polar surface area (TPSA) is 64.6 Å². The summed E-state index contributed by atoms with van der Waals surface area (Å²) in [7, 11) is 3.19. The van der Waals surface area contributed by atoms with Gasteiger partial charge in [-0.05, 0) is 31.7 Å². The molecule has 1 aliphatic rings. The quantitative estimate of drug-likeness (QED) is 0.859. The van der Waals surface area contributed by atoms with E-state index in [1.165, 1.54) is 17.8 Å². The molecule has 7 heteroatoms. The molecular formula is C16H21N3O3S. The molecule has 0 bridgehead atoms. The fraction of sp³-hybridized carbons (Fsp3) is 0.562. The summed E-state index contributed by atoms with van der Waals surface area (Å²) in [6.07, 6.45) is 3.36. The summed E-state index contributed by atoms with van der Waals surface area (Å²) in [5, 5.41) is 0.831. The van der Waals surface area contributed by atoms with Crippen molar-refractivity contribution in [3.05, 3.63) is 16.3 Å². The molecule has 0 aromatic carbocycles. The van der Waals surface area contributed by atoms with Gasteiger partial charge in [-0.1, -0.05) is 0 Å². The fourth-order valence-corrected chi connectivity index (χ4v) is 4.09. The third kappa shape index (κ3) is 3.03. The Hall–Kier alpha value is -1.73. The standard InChI is InChI=1S/C16H21N3O3S/c1-10-12-14(22-3)17-11(9-21-2)18-15(12)23-13(10)16(20)19-7-5-4-6-8-19/h4-9H2,1-3H3. The normalized spacial score (nSPS) is 15.2. The second-order valence-electron chi connectivity index (χ2n) is 5.67. The van der Waals surface area contributed by atoms with Gasteiger partial charge in [-0.2, -0.15) is 4.98 Å². The van der Waals surface area contributed by atoms with E-state index >= 15 is 0 Å². The largest absolute Gasteiger partial charge is 0.480 e. The van der Waals surface area contributed by atoms with Crippen LogP contribution >= 0.6 is 11.3 Å². The number of methoxy groups -OCH3 is 2. The Kier molecular flexibility index (Phi) is 4.77. The van der Waals surface area contributed by atoms with Crippen LogP contribution in [-0.4, -0.2) is 48.1 Å². The predicted molar refractivity (Wildman–Crippen MR) is 89.2 cm³/mol. The first-order chi connectivity index (χ1) is 11.2. The summed E-state index contributed by atoms with van der Waals surface area (Å²) >= 11 is 1.42. The van der Waals surface area contributed by atoms with Gasteiger partial charge in [-0.25, -0.2) is 4.98 Å². The summed E-state index contributed by atoms with van der Waals surface area (Å²) in [6.45, 7) is 3.94. The molecule has 0 atom stereocenters. The van der Waals surface area contributed by atoms with Crippen LogP contribution in [0, 0.1) is 6.92 Å². The summed E-state index contributed by atoms with van der Waals surface area (Å²) in [5.41, 5.74) is 0.904. The molecule has 1 amide bonds. The third-order valence-electron chi connectivity index (χ3n) is 4.11. The molecule has 1 saturated heterocycles. The minimum Gasteiger partial charge on any atom is -0.480 e. The molecule has 3 rings (SSSR count). The zero-order valence-electron chi connectivity index (χ0n) is 13.7. The monoisotopic (exact) mass is 335 g/mol. The minimum absolute atomic E-state index is 0.0977. The Morgan fingerprint density at radius 2 is 1.96 bits per heavy atom. The molecule has 0 aliphatic carbocycles. The van der Waals surface area contributed by atoms with Crippen LogP contribution in [0.4, 0.5) is 0 Å². The third-order valence-corrected chi connectivity index (χ3v) is 5.28. The van der Waals surface area contributed by atoms with Crippen molar-refractivity contribution in [3.63, 3.8) is 0 Å². The van der Waals surface area contributed by atoms with Crippen molar-refractivity contribution >= 4 is 27.5 Å². The molecular weight excluding hydrogens is 314 g/mol. The minimum atomic E-state index is 0.0977. The van der Waals surface area contributed by atoms with Crippen molar-refractivity contribution in [1.29, 1.82) is 0 Å². The molecule has 1 aliphatic heterocycles. The van der Waals surface area contributed by atoms with Crippen LogP contribution in [0.2, 0.25) is 0 Å². The smallest absolute Gasteiger partial charge is 0.264 e. The zero-order valence-corrected chi connectivity index (χ0v) is 14.5. The highest BCUT2D eigenvalue weighted by Gasteiger charge is 2.25. The summed E-state index contributed by atoms with van der Waals surface area (Å²) in [6, 6.07) is 0. The van der Waals surface area contributed by atoms with E-state index in [0.717, 1.165) is 46.6 Å². The molecule has 6 nitrogen and oxygen atoms in total. The van der Waals surface area contributed by atoms with Crippen LogP contribution in [0.5, 0.6) is 5.88 Å². The number of likely N-dealkylation sites (tertiary alicyclic amines) is 1. The number of aromatic nitrogens is 2. The zero-order chi connectivity index (χ0) is 16.4. The number of aryl methyl sites for hydroxylation is 1. The number of carbonyl (C=O) groups is 1. The van der Waals surface area contributed by atoms with Crippen LogP contribution in [0.15, 0.2) is 0 Å². The number of thiophene rings is 1. The molecule has 1 fully saturated rings. The number of ether oxygens (including phenoxy) is 2. The highest BCUT2D eigenvalue weighted by atomic mass is 32.1. The van der Waals surface area contributed by atoms with Crippen LogP contribution in [0.1, 0.15) is 40.3 Å². The number of carbonyl (C=O) groups excluding carboxylic acids is 1. The number of hydrogen-bond acceptors (Lipinski definition) is 6. The van der Waals surface area contributed by atoms with Gasteiger partial charge in [0, 0.05) is 20.2 Å². The second kappa shape index (κ2) is 6.80. The first kappa shape index (κ1) is 16.1. The van der Waals surface area contributed by atoms with Gasteiger partial charge in [0.15, 0.2) is 5.82 Å². The number of rotatable bonds is 4. The lowest BCUT2D eigenvalue weighted by Crippen LogP contribution is -2.35. The maximum Gasteiger partial charge on any atom is 0.264 e. The van der Waals surface area contributed by atoms with Gasteiger partial charge in [0.05, 0.1) is 17.4 Å². The maximum absolute atomic E-state index is 12.8. The fourth-order valence-electron chi connectivity index (χ4n) is 2.93. The average molecular weight is 335 g/mol. The molecule has 23 heavy (non-hydrogen) atoms. The lowest BCUT2D eigenvalue weighted by Gasteiger charge is -2.26. The molecule has 0 saturated carbocycles. The van der Waals surface area contributed by atoms with Gasteiger partial charge in [0.25, 0.3) is 5.91 Å². The highest BCUT2D eigenvalue weighted by Crippen LogP contribution is 2.36. The second-order valence-corrected chi connectivity index (χ2v) is 6.67. The Morgan fingerprint density at radius 1 is 1.22 bits per heavy atom. The molecule has 0 N–H and O–H groups in total. The van der Waals surface area contributed by atoms with E-state index < -0.39 is 0 Å². The van der Waals surface area contributed by atoms with Crippen molar-refractivity contribution < 1.29 is 14.3 Å². The maximum atomic E-state index is 12.8. The molecule has 0 spiro atoms. The molecule has 0 radical (unpaired) electrons. The number of amides is 1. The first-order valence-corrected chi connectivity index (χ1v) is 8.59. The van der Waals surface area contributed by atoms with Crippen LogP contribution in [-0.2, 0) is 11.3 Å². The molecule has 3 heterocycles. The predicted octanol–water partition coefficient (Wildman–Crippen LogP) is 2.78. The van der Waals surface area contributed by atoms with Gasteiger partial charge in [-0.15, -0.1) is 11.3 Å². The van der Waals surface area contributed by atoms with E-state index in [1.807, 2.05) is 11.8 Å². The molecule has 124 valence electrons. The average Bonchev–Trinajstić information content (AvgIpc) is 2.91. The van der Waals surface area contributed by atoms with Gasteiger partial charge in [0.1, 0.15) is 11.4 Å². The van der Waals surface area contributed by atoms with E-state index in [0.29, 0.717) is 18.3 Å². The van der Waals surface area contributed by atoms with Crippen LogP contribution in [0.25, 0.3) is 10.2 Å². The summed E-state index contributed by atoms with van der Waals surface area (Å²) < 4.78 is 10.5. The molecule has 2 aromatic heterocycles. The van der Waals surface area contributed by atoms with Crippen molar-refractivity contribution in [2.75, 3.05) is 27.3 Å². The van der Waals surface area contributed by atoms with E-state index in [1.54, 1.807) is 14.2 Å². The molecule has 2 aromatic rings. The van der Waals surface area contributed by atoms with Crippen molar-refractivity contribution in [3.8, 4) is 5.88 Å². The van der Waals surface area contributed by atoms with E-state index in [2.05, 4.69) is 9.97 Å². The van der Waals surface area contributed by atoms with Crippen LogP contribution in [0.3, 0.4) is 0 Å². The van der Waals surface area contributed by atoms with Gasteiger partial charge < -0.3 is 14.4 Å². The van der Waals surface area contributed by atoms with Gasteiger partial charge >= 0.3 is 0 Å². The number of fused-ring (bicyclic) bond motifs is 1. The van der Waals surface area contributed by atoms with Gasteiger partial charge in [0.2, 0.25) is 5.88 Å². The van der Waals surface area contributed by atoms with Crippen LogP contribution < -0.4 is 4.74 Å². The summed E-state index contributed by atoms with van der Waals surface area (Å²) in [4.78, 5) is 25.2. The SMILES string of the molecule is COCc1nc(OC)c2c(C)c(C(=O)N3CCCCC3)sc2n1. The Balaban J connectivity index is 2.04. The summed E-state index contributed by atoms with van der Waals surface area (Å²) in [5.74, 6) is 1.17. The highest BCUT2D eigenvalue weighted by molar-refractivity contribution is 7.20. The van der Waals surface area contributed by atoms with Crippen molar-refractivity contribution in [2.24, 2.45) is 0 Å². The van der Waals surface area contributed by atoms with Crippen molar-refractivity contribution in [1.82, 2.24) is 14.9 Å². The first-order valence-electron chi connectivity index (χ1n) is 7.78.